The first-order valence-corrected chi connectivity index (χ1v) is 8.67. The third-order valence-corrected chi connectivity index (χ3v) is 5.05. The number of carbonyl (C=O) groups is 1. The number of fused-ring (bicyclic) bond motifs is 1. The molecule has 0 saturated heterocycles. The second kappa shape index (κ2) is 7.70. The number of amides is 1. The van der Waals surface area contributed by atoms with Crippen LogP contribution in [-0.2, 0) is 7.05 Å². The minimum atomic E-state index is -0.127. The number of nitrogens with zero attached hydrogens (tertiary/aromatic N) is 3. The molecule has 0 aliphatic carbocycles. The zero-order valence-corrected chi connectivity index (χ0v) is 14.7. The van der Waals surface area contributed by atoms with Gasteiger partial charge in [-0.15, -0.1) is 11.3 Å². The standard InChI is InChI=1S/C16H23N3O3S/c1-4-5-7-19(8-6-9-20)16(22)13-11(2)12-14(23-13)17-10-18(3)15(12)21/h10,20H,4-9H2,1-3H3. The molecular weight excluding hydrogens is 314 g/mol. The average Bonchev–Trinajstić information content (AvgIpc) is 2.88. The molecule has 0 radical (unpaired) electrons. The number of thiophene rings is 1. The lowest BCUT2D eigenvalue weighted by atomic mass is 10.2. The number of aromatic nitrogens is 2. The van der Waals surface area contributed by atoms with Gasteiger partial charge in [-0.05, 0) is 25.3 Å². The summed E-state index contributed by atoms with van der Waals surface area (Å²) >= 11 is 1.27. The molecule has 0 aliphatic heterocycles. The Morgan fingerprint density at radius 3 is 2.74 bits per heavy atom. The Labute approximate surface area is 139 Å². The molecule has 1 amide bonds. The fourth-order valence-corrected chi connectivity index (χ4v) is 3.59. The maximum Gasteiger partial charge on any atom is 0.264 e. The van der Waals surface area contributed by atoms with Crippen molar-refractivity contribution in [2.45, 2.75) is 33.1 Å². The fraction of sp³-hybridized carbons (Fsp3) is 0.562. The van der Waals surface area contributed by atoms with Gasteiger partial charge in [0.1, 0.15) is 4.83 Å². The Morgan fingerprint density at radius 1 is 1.39 bits per heavy atom. The Kier molecular flexibility index (Phi) is 5.90. The van der Waals surface area contributed by atoms with Crippen molar-refractivity contribution in [2.75, 3.05) is 19.7 Å². The van der Waals surface area contributed by atoms with E-state index >= 15 is 0 Å². The molecule has 0 unspecified atom stereocenters. The van der Waals surface area contributed by atoms with Crippen molar-refractivity contribution in [1.82, 2.24) is 14.5 Å². The zero-order valence-electron chi connectivity index (χ0n) is 13.8. The largest absolute Gasteiger partial charge is 0.396 e. The Morgan fingerprint density at radius 2 is 2.09 bits per heavy atom. The highest BCUT2D eigenvalue weighted by atomic mass is 32.1. The lowest BCUT2D eigenvalue weighted by molar-refractivity contribution is 0.0747. The summed E-state index contributed by atoms with van der Waals surface area (Å²) in [4.78, 5) is 32.3. The molecule has 2 aromatic heterocycles. The minimum Gasteiger partial charge on any atom is -0.396 e. The SMILES string of the molecule is CCCCN(CCCO)C(=O)c1sc2ncn(C)c(=O)c2c1C. The summed E-state index contributed by atoms with van der Waals surface area (Å²) in [7, 11) is 1.65. The Hall–Kier alpha value is -1.73. The van der Waals surface area contributed by atoms with Crippen molar-refractivity contribution in [2.24, 2.45) is 7.05 Å². The number of rotatable bonds is 7. The van der Waals surface area contributed by atoms with Gasteiger partial charge in [-0.25, -0.2) is 4.98 Å². The quantitative estimate of drug-likeness (QED) is 0.838. The molecule has 0 atom stereocenters. The van der Waals surface area contributed by atoms with E-state index in [0.717, 1.165) is 12.8 Å². The summed E-state index contributed by atoms with van der Waals surface area (Å²) in [5, 5.41) is 9.57. The van der Waals surface area contributed by atoms with Crippen molar-refractivity contribution >= 4 is 27.5 Å². The molecule has 0 aromatic carbocycles. The van der Waals surface area contributed by atoms with Gasteiger partial charge in [0.2, 0.25) is 0 Å². The number of aliphatic hydroxyl groups is 1. The highest BCUT2D eigenvalue weighted by Gasteiger charge is 2.23. The van der Waals surface area contributed by atoms with E-state index in [9.17, 15) is 9.59 Å². The number of hydrogen-bond donors (Lipinski definition) is 1. The Balaban J connectivity index is 2.40. The fourth-order valence-electron chi connectivity index (χ4n) is 2.48. The van der Waals surface area contributed by atoms with E-state index in [4.69, 9.17) is 5.11 Å². The number of hydrogen-bond acceptors (Lipinski definition) is 5. The second-order valence-corrected chi connectivity index (χ2v) is 6.62. The number of aryl methyl sites for hydroxylation is 2. The van der Waals surface area contributed by atoms with Gasteiger partial charge in [-0.1, -0.05) is 13.3 Å². The van der Waals surface area contributed by atoms with Crippen LogP contribution in [0.3, 0.4) is 0 Å². The van der Waals surface area contributed by atoms with E-state index < -0.39 is 0 Å². The summed E-state index contributed by atoms with van der Waals surface area (Å²) in [6.45, 7) is 5.12. The molecule has 0 fully saturated rings. The number of aliphatic hydroxyl groups excluding tert-OH is 1. The summed E-state index contributed by atoms with van der Waals surface area (Å²) in [6, 6.07) is 0. The lowest BCUT2D eigenvalue weighted by Gasteiger charge is -2.22. The molecule has 2 heterocycles. The van der Waals surface area contributed by atoms with Gasteiger partial charge < -0.3 is 14.6 Å². The summed E-state index contributed by atoms with van der Waals surface area (Å²) in [6.07, 6.45) is 3.95. The van der Waals surface area contributed by atoms with Crippen LogP contribution in [0.1, 0.15) is 41.4 Å². The molecule has 23 heavy (non-hydrogen) atoms. The van der Waals surface area contributed by atoms with Crippen LogP contribution in [-0.4, -0.2) is 45.2 Å². The van der Waals surface area contributed by atoms with E-state index in [1.807, 2.05) is 0 Å². The van der Waals surface area contributed by atoms with Crippen molar-refractivity contribution in [3.63, 3.8) is 0 Å². The molecule has 2 aromatic rings. The van der Waals surface area contributed by atoms with E-state index in [-0.39, 0.29) is 18.1 Å². The summed E-state index contributed by atoms with van der Waals surface area (Å²) < 4.78 is 1.43. The first-order chi connectivity index (χ1) is 11.0. The molecule has 126 valence electrons. The third-order valence-electron chi connectivity index (χ3n) is 3.86. The Bertz CT molecular complexity index is 743. The maximum atomic E-state index is 12.9. The molecule has 0 bridgehead atoms. The number of unbranched alkanes of at least 4 members (excludes halogenated alkanes) is 1. The molecule has 6 nitrogen and oxygen atoms in total. The first-order valence-electron chi connectivity index (χ1n) is 7.86. The van der Waals surface area contributed by atoms with Gasteiger partial charge >= 0.3 is 0 Å². The van der Waals surface area contributed by atoms with Crippen LogP contribution in [0.5, 0.6) is 0 Å². The topological polar surface area (TPSA) is 75.4 Å². The van der Waals surface area contributed by atoms with Crippen molar-refractivity contribution in [3.05, 3.63) is 27.1 Å². The van der Waals surface area contributed by atoms with Gasteiger partial charge in [0.15, 0.2) is 0 Å². The first kappa shape index (κ1) is 17.6. The lowest BCUT2D eigenvalue weighted by Crippen LogP contribution is -2.33. The zero-order chi connectivity index (χ0) is 17.0. The number of carbonyl (C=O) groups excluding carboxylic acids is 1. The predicted octanol–water partition coefficient (Wildman–Crippen LogP) is 1.93. The highest BCUT2D eigenvalue weighted by molar-refractivity contribution is 7.20. The van der Waals surface area contributed by atoms with E-state index in [0.29, 0.717) is 40.2 Å². The predicted molar refractivity (Wildman–Crippen MR) is 92.1 cm³/mol. The van der Waals surface area contributed by atoms with Crippen LogP contribution >= 0.6 is 11.3 Å². The minimum absolute atomic E-state index is 0.0589. The van der Waals surface area contributed by atoms with E-state index in [1.54, 1.807) is 18.9 Å². The summed E-state index contributed by atoms with van der Waals surface area (Å²) in [5.41, 5.74) is 0.576. The van der Waals surface area contributed by atoms with Crippen LogP contribution in [0.15, 0.2) is 11.1 Å². The van der Waals surface area contributed by atoms with E-state index in [1.165, 1.54) is 22.2 Å². The monoisotopic (exact) mass is 337 g/mol. The molecule has 0 aliphatic rings. The average molecular weight is 337 g/mol. The normalized spacial score (nSPS) is 11.1. The molecule has 1 N–H and O–H groups in total. The van der Waals surface area contributed by atoms with Gasteiger partial charge in [0.25, 0.3) is 11.5 Å². The molecule has 0 spiro atoms. The molecule has 7 heteroatoms. The van der Waals surface area contributed by atoms with E-state index in [2.05, 4.69) is 11.9 Å². The van der Waals surface area contributed by atoms with Crippen LogP contribution in [0.4, 0.5) is 0 Å². The molecular formula is C16H23N3O3S. The van der Waals surface area contributed by atoms with Crippen LogP contribution in [0.25, 0.3) is 10.2 Å². The molecule has 0 saturated carbocycles. The second-order valence-electron chi connectivity index (χ2n) is 5.62. The van der Waals surface area contributed by atoms with Crippen molar-refractivity contribution < 1.29 is 9.90 Å². The molecule has 2 rings (SSSR count). The van der Waals surface area contributed by atoms with Gasteiger partial charge in [0, 0.05) is 26.7 Å². The van der Waals surface area contributed by atoms with Crippen LogP contribution < -0.4 is 5.56 Å². The highest BCUT2D eigenvalue weighted by Crippen LogP contribution is 2.28. The van der Waals surface area contributed by atoms with Crippen LogP contribution in [0, 0.1) is 6.92 Å². The van der Waals surface area contributed by atoms with Crippen molar-refractivity contribution in [1.29, 1.82) is 0 Å². The summed E-state index contributed by atoms with van der Waals surface area (Å²) in [5.74, 6) is -0.0746. The van der Waals surface area contributed by atoms with Crippen molar-refractivity contribution in [3.8, 4) is 0 Å². The maximum absolute atomic E-state index is 12.9. The van der Waals surface area contributed by atoms with Gasteiger partial charge in [-0.2, -0.15) is 0 Å². The third kappa shape index (κ3) is 3.61. The van der Waals surface area contributed by atoms with Gasteiger partial charge in [0.05, 0.1) is 16.6 Å². The van der Waals surface area contributed by atoms with Crippen LogP contribution in [0.2, 0.25) is 0 Å². The smallest absolute Gasteiger partial charge is 0.264 e. The van der Waals surface area contributed by atoms with Gasteiger partial charge in [-0.3, -0.25) is 9.59 Å².